The van der Waals surface area contributed by atoms with E-state index in [4.69, 9.17) is 13.8 Å². The minimum atomic E-state index is -1.16. The van der Waals surface area contributed by atoms with Crippen LogP contribution in [0.1, 0.15) is 347 Å². The van der Waals surface area contributed by atoms with Gasteiger partial charge in [-0.2, -0.15) is 0 Å². The summed E-state index contributed by atoms with van der Waals surface area (Å²) in [6.45, 7) is 7.51. The van der Waals surface area contributed by atoms with Crippen LogP contribution in [0.2, 0.25) is 0 Å². The van der Waals surface area contributed by atoms with Gasteiger partial charge in [-0.1, -0.05) is 321 Å². The number of aryl methyl sites for hydroxylation is 2. The Hall–Kier alpha value is -1.71. The zero-order valence-corrected chi connectivity index (χ0v) is 51.8. The summed E-state index contributed by atoms with van der Waals surface area (Å²) in [5.41, 5.74) is 2.77. The zero-order chi connectivity index (χ0) is 53.4. The SMILES string of the molecule is CCCCCCCCCCCCCCOC(=O)CCCCCCCCCCCCCCSP(Oc1cccc(CCCCCCCCCCCCCC)c1)Oc1cccc(CCCCCCCCCCCCCC)c1. The van der Waals surface area contributed by atoms with Gasteiger partial charge in [-0.15, -0.1) is 0 Å². The van der Waals surface area contributed by atoms with E-state index in [1.54, 1.807) is 0 Å². The van der Waals surface area contributed by atoms with Gasteiger partial charge < -0.3 is 13.8 Å². The van der Waals surface area contributed by atoms with Crippen molar-refractivity contribution in [3.05, 3.63) is 59.7 Å². The van der Waals surface area contributed by atoms with Gasteiger partial charge in [0.05, 0.1) is 6.61 Å². The molecule has 6 heteroatoms. The molecule has 0 saturated heterocycles. The first kappa shape index (κ1) is 69.4. The maximum absolute atomic E-state index is 12.2. The van der Waals surface area contributed by atoms with E-state index in [0.717, 1.165) is 49.4 Å². The van der Waals surface area contributed by atoms with E-state index in [1.807, 2.05) is 11.4 Å². The number of hydrogen-bond donors (Lipinski definition) is 0. The van der Waals surface area contributed by atoms with Gasteiger partial charge in [0, 0.05) is 12.2 Å². The van der Waals surface area contributed by atoms with Crippen LogP contribution < -0.4 is 9.05 Å². The Kier molecular flexibility index (Phi) is 51.4. The van der Waals surface area contributed by atoms with E-state index < -0.39 is 7.58 Å². The fourth-order valence-electron chi connectivity index (χ4n) is 10.6. The maximum Gasteiger partial charge on any atom is 0.360 e. The van der Waals surface area contributed by atoms with Gasteiger partial charge >= 0.3 is 13.5 Å². The second-order valence-electron chi connectivity index (χ2n) is 22.9. The van der Waals surface area contributed by atoms with E-state index in [1.165, 1.54) is 300 Å². The molecule has 2 aromatic carbocycles. The molecule has 0 saturated carbocycles. The molecule has 0 N–H and O–H groups in total. The van der Waals surface area contributed by atoms with Crippen molar-refractivity contribution in [1.82, 2.24) is 0 Å². The second kappa shape index (κ2) is 55.6. The number of unbranched alkanes of at least 4 members (excludes halogenated alkanes) is 44. The third-order valence-corrected chi connectivity index (χ3v) is 18.6. The Labute approximate surface area is 472 Å². The highest BCUT2D eigenvalue weighted by atomic mass is 32.7. The summed E-state index contributed by atoms with van der Waals surface area (Å²) in [5, 5.41) is 0. The van der Waals surface area contributed by atoms with Crippen LogP contribution in [0, 0.1) is 0 Å². The van der Waals surface area contributed by atoms with Crippen LogP contribution in [0.25, 0.3) is 0 Å². The molecule has 2 aromatic rings. The summed E-state index contributed by atoms with van der Waals surface area (Å²) in [6, 6.07) is 17.8. The third kappa shape index (κ3) is 46.9. The Morgan fingerprint density at radius 3 is 1.00 bits per heavy atom. The molecule has 0 spiro atoms. The number of esters is 1. The van der Waals surface area contributed by atoms with E-state index in [9.17, 15) is 4.79 Å². The molecule has 0 amide bonds. The van der Waals surface area contributed by atoms with Gasteiger partial charge in [0.1, 0.15) is 11.5 Å². The molecule has 2 rings (SSSR count). The van der Waals surface area contributed by atoms with Gasteiger partial charge in [-0.05, 0) is 91.7 Å². The molecule has 75 heavy (non-hydrogen) atoms. The molecular formula is C69H123O4PS. The number of ether oxygens (including phenoxy) is 1. The first-order valence-corrected chi connectivity index (χ1v) is 36.0. The summed E-state index contributed by atoms with van der Waals surface area (Å²) in [6.07, 6.45) is 67.3. The minimum Gasteiger partial charge on any atom is -0.466 e. The average molecular weight is 1080 g/mol. The number of carbonyl (C=O) groups excluding carboxylic acids is 1. The Morgan fingerprint density at radius 2 is 0.653 bits per heavy atom. The molecule has 4 nitrogen and oxygen atoms in total. The summed E-state index contributed by atoms with van der Waals surface area (Å²) in [5.74, 6) is 3.00. The monoisotopic (exact) mass is 1080 g/mol. The minimum absolute atomic E-state index is 0.0147. The highest BCUT2D eigenvalue weighted by molar-refractivity contribution is 8.53. The zero-order valence-electron chi connectivity index (χ0n) is 50.1. The number of hydrogen-bond acceptors (Lipinski definition) is 5. The predicted octanol–water partition coefficient (Wildman–Crippen LogP) is 24.9. The van der Waals surface area contributed by atoms with E-state index >= 15 is 0 Å². The van der Waals surface area contributed by atoms with Crippen LogP contribution in [-0.2, 0) is 22.4 Å². The Morgan fingerprint density at radius 1 is 0.360 bits per heavy atom. The number of rotatable bonds is 59. The fourth-order valence-corrected chi connectivity index (χ4v) is 13.4. The van der Waals surface area contributed by atoms with Crippen LogP contribution >= 0.6 is 19.0 Å². The fraction of sp³-hybridized carbons (Fsp3) is 0.812. The Balaban J connectivity index is 1.62. The van der Waals surface area contributed by atoms with Gasteiger partial charge in [0.15, 0.2) is 0 Å². The lowest BCUT2D eigenvalue weighted by atomic mass is 10.0. The molecule has 0 aromatic heterocycles. The lowest BCUT2D eigenvalue weighted by molar-refractivity contribution is -0.143. The highest BCUT2D eigenvalue weighted by Crippen LogP contribution is 2.52. The van der Waals surface area contributed by atoms with Gasteiger partial charge in [0.2, 0.25) is 0 Å². The van der Waals surface area contributed by atoms with Crippen LogP contribution in [0.15, 0.2) is 48.5 Å². The third-order valence-electron chi connectivity index (χ3n) is 15.5. The Bertz CT molecular complexity index is 1410. The lowest BCUT2D eigenvalue weighted by Gasteiger charge is -2.19. The summed E-state index contributed by atoms with van der Waals surface area (Å²) in [4.78, 5) is 12.2. The van der Waals surface area contributed by atoms with Crippen LogP contribution in [-0.4, -0.2) is 18.3 Å². The summed E-state index contributed by atoms with van der Waals surface area (Å²) < 4.78 is 19.0. The number of benzene rings is 2. The normalized spacial score (nSPS) is 11.5. The van der Waals surface area contributed by atoms with E-state index in [2.05, 4.69) is 69.3 Å². The van der Waals surface area contributed by atoms with Crippen molar-refractivity contribution in [3.8, 4) is 11.5 Å². The van der Waals surface area contributed by atoms with Gasteiger partial charge in [0.25, 0.3) is 0 Å². The van der Waals surface area contributed by atoms with Crippen molar-refractivity contribution in [2.75, 3.05) is 12.4 Å². The molecule has 0 fully saturated rings. The lowest BCUT2D eigenvalue weighted by Crippen LogP contribution is -2.05. The first-order valence-electron chi connectivity index (χ1n) is 33.3. The largest absolute Gasteiger partial charge is 0.466 e. The van der Waals surface area contributed by atoms with Crippen LogP contribution in [0.5, 0.6) is 11.5 Å². The molecule has 0 atom stereocenters. The molecule has 0 bridgehead atoms. The van der Waals surface area contributed by atoms with Crippen molar-refractivity contribution in [2.24, 2.45) is 0 Å². The molecule has 0 aliphatic heterocycles. The molecule has 434 valence electrons. The van der Waals surface area contributed by atoms with Crippen molar-refractivity contribution in [1.29, 1.82) is 0 Å². The average Bonchev–Trinajstić information content (AvgIpc) is 3.41. The predicted molar refractivity (Wildman–Crippen MR) is 335 cm³/mol. The molecule has 0 unspecified atom stereocenters. The molecular weight excluding hydrogens is 956 g/mol. The molecule has 0 aliphatic carbocycles. The van der Waals surface area contributed by atoms with Gasteiger partial charge in [-0.25, -0.2) is 0 Å². The number of carbonyl (C=O) groups is 1. The highest BCUT2D eigenvalue weighted by Gasteiger charge is 2.17. The molecule has 0 aliphatic rings. The van der Waals surface area contributed by atoms with E-state index in [-0.39, 0.29) is 5.97 Å². The second-order valence-corrected chi connectivity index (χ2v) is 26.1. The van der Waals surface area contributed by atoms with Crippen LogP contribution in [0.3, 0.4) is 0 Å². The van der Waals surface area contributed by atoms with Gasteiger partial charge in [-0.3, -0.25) is 4.79 Å². The van der Waals surface area contributed by atoms with Crippen molar-refractivity contribution in [3.63, 3.8) is 0 Å². The molecule has 0 heterocycles. The van der Waals surface area contributed by atoms with Crippen molar-refractivity contribution < 1.29 is 18.6 Å². The topological polar surface area (TPSA) is 44.8 Å². The smallest absolute Gasteiger partial charge is 0.360 e. The summed E-state index contributed by atoms with van der Waals surface area (Å²) in [7, 11) is -1.16. The summed E-state index contributed by atoms with van der Waals surface area (Å²) >= 11 is 1.89. The van der Waals surface area contributed by atoms with Crippen molar-refractivity contribution in [2.45, 2.75) is 348 Å². The quantitative estimate of drug-likeness (QED) is 0.0375. The van der Waals surface area contributed by atoms with Crippen molar-refractivity contribution >= 4 is 24.9 Å². The van der Waals surface area contributed by atoms with Crippen LogP contribution in [0.4, 0.5) is 0 Å². The standard InChI is InChI=1S/C69H123O4PS/c1-4-7-10-13-16-19-22-27-32-37-42-47-54-65-56-52-58-67(63-65)72-74(73-68-59-53-57-66(64-68)55-48-43-38-33-28-23-20-17-14-11-8-5-2)75-62-51-46-41-36-31-26-25-29-34-39-44-49-60-69(70)71-61-50-45-40-35-30-24-21-18-15-12-9-6-3/h52-53,56-59,63-64H,4-51,54-55,60-62H2,1-3H3. The maximum atomic E-state index is 12.2. The first-order chi connectivity index (χ1) is 37.1. The molecule has 0 radical (unpaired) electrons. The van der Waals surface area contributed by atoms with E-state index in [0.29, 0.717) is 13.0 Å².